The van der Waals surface area contributed by atoms with Gasteiger partial charge in [-0.05, 0) is 33.6 Å². The van der Waals surface area contributed by atoms with E-state index in [0.29, 0.717) is 24.9 Å². The molecule has 1 heterocycles. The van der Waals surface area contributed by atoms with Gasteiger partial charge in [0.25, 0.3) is 0 Å². The second-order valence-electron chi connectivity index (χ2n) is 5.06. The molecule has 5 nitrogen and oxygen atoms in total. The summed E-state index contributed by atoms with van der Waals surface area (Å²) in [5, 5.41) is 4.07. The van der Waals surface area contributed by atoms with Gasteiger partial charge in [0.1, 0.15) is 5.60 Å². The van der Waals surface area contributed by atoms with E-state index in [-0.39, 0.29) is 5.41 Å². The minimum Gasteiger partial charge on any atom is -0.367 e. The van der Waals surface area contributed by atoms with E-state index in [0.717, 1.165) is 12.8 Å². The van der Waals surface area contributed by atoms with Crippen LogP contribution in [0.25, 0.3) is 0 Å². The first-order valence-electron chi connectivity index (χ1n) is 6.64. The van der Waals surface area contributed by atoms with Gasteiger partial charge in [-0.25, -0.2) is 0 Å². The summed E-state index contributed by atoms with van der Waals surface area (Å²) in [6.45, 7) is 11.2. The van der Waals surface area contributed by atoms with Crippen molar-refractivity contribution in [3.63, 3.8) is 0 Å². The number of hydrogen-bond donors (Lipinski definition) is 1. The first kappa shape index (κ1) is 15.1. The molecule has 1 aromatic heterocycles. The second-order valence-corrected chi connectivity index (χ2v) is 5.06. The number of nitrogens with two attached hydrogens (primary N) is 1. The van der Waals surface area contributed by atoms with Gasteiger partial charge in [0.05, 0.1) is 5.41 Å². The molecular weight excluding hydrogens is 230 g/mol. The monoisotopic (exact) mass is 255 g/mol. The van der Waals surface area contributed by atoms with Crippen molar-refractivity contribution in [3.05, 3.63) is 11.7 Å². The summed E-state index contributed by atoms with van der Waals surface area (Å²) in [5.74, 6) is 1.21. The van der Waals surface area contributed by atoms with E-state index < -0.39 is 5.60 Å². The topological polar surface area (TPSA) is 74.2 Å². The average molecular weight is 255 g/mol. The quantitative estimate of drug-likeness (QED) is 0.809. The largest absolute Gasteiger partial charge is 0.367 e. The van der Waals surface area contributed by atoms with Crippen LogP contribution in [0.5, 0.6) is 0 Å². The summed E-state index contributed by atoms with van der Waals surface area (Å²) in [7, 11) is 0. The Hall–Kier alpha value is -0.940. The molecule has 2 N–H and O–H groups in total. The fourth-order valence-electron chi connectivity index (χ4n) is 1.71. The van der Waals surface area contributed by atoms with Gasteiger partial charge in [-0.15, -0.1) is 0 Å². The number of hydrogen-bond acceptors (Lipinski definition) is 5. The molecule has 18 heavy (non-hydrogen) atoms. The lowest BCUT2D eigenvalue weighted by Gasteiger charge is -2.24. The maximum absolute atomic E-state index is 5.80. The number of nitrogens with zero attached hydrogens (tertiary/aromatic N) is 2. The zero-order chi connectivity index (χ0) is 13.8. The predicted molar refractivity (Wildman–Crippen MR) is 70.3 cm³/mol. The number of aromatic nitrogens is 2. The van der Waals surface area contributed by atoms with Crippen molar-refractivity contribution < 1.29 is 9.26 Å². The fourth-order valence-corrected chi connectivity index (χ4v) is 1.71. The van der Waals surface area contributed by atoms with Crippen LogP contribution in [-0.2, 0) is 15.8 Å². The molecule has 0 aliphatic heterocycles. The minimum absolute atomic E-state index is 0.258. The Bertz CT molecular complexity index is 374. The van der Waals surface area contributed by atoms with E-state index in [1.54, 1.807) is 0 Å². The van der Waals surface area contributed by atoms with E-state index in [9.17, 15) is 0 Å². The molecule has 104 valence electrons. The third-order valence-electron chi connectivity index (χ3n) is 3.78. The van der Waals surface area contributed by atoms with Crippen molar-refractivity contribution in [3.8, 4) is 0 Å². The molecule has 0 saturated heterocycles. The highest BCUT2D eigenvalue weighted by Crippen LogP contribution is 2.30. The van der Waals surface area contributed by atoms with Crippen LogP contribution in [0.2, 0.25) is 0 Å². The molecule has 0 saturated carbocycles. The van der Waals surface area contributed by atoms with Gasteiger partial charge in [0, 0.05) is 13.2 Å². The summed E-state index contributed by atoms with van der Waals surface area (Å²) >= 11 is 0. The van der Waals surface area contributed by atoms with E-state index in [1.165, 1.54) is 0 Å². The molecule has 0 aliphatic rings. The van der Waals surface area contributed by atoms with Gasteiger partial charge < -0.3 is 15.0 Å². The van der Waals surface area contributed by atoms with Crippen molar-refractivity contribution >= 4 is 0 Å². The van der Waals surface area contributed by atoms with Crippen molar-refractivity contribution in [2.45, 2.75) is 58.5 Å². The molecule has 2 unspecified atom stereocenters. The molecular formula is C13H25N3O2. The van der Waals surface area contributed by atoms with Crippen LogP contribution in [0, 0.1) is 0 Å². The average Bonchev–Trinajstić information content (AvgIpc) is 2.88. The van der Waals surface area contributed by atoms with Gasteiger partial charge in [0.15, 0.2) is 0 Å². The highest BCUT2D eigenvalue weighted by atomic mass is 16.5. The van der Waals surface area contributed by atoms with E-state index in [4.69, 9.17) is 15.0 Å². The van der Waals surface area contributed by atoms with Crippen LogP contribution in [0.15, 0.2) is 4.52 Å². The standard InChI is InChI=1S/C13H25N3O2/c1-6-12(4,9-14)11-15-10(16-18-11)13(5,7-2)17-8-3/h6-9,14H2,1-5H3. The van der Waals surface area contributed by atoms with Crippen LogP contribution < -0.4 is 5.73 Å². The van der Waals surface area contributed by atoms with Crippen LogP contribution in [0.4, 0.5) is 0 Å². The maximum atomic E-state index is 5.80. The van der Waals surface area contributed by atoms with Crippen molar-refractivity contribution in [1.29, 1.82) is 0 Å². The van der Waals surface area contributed by atoms with E-state index in [1.807, 2.05) is 27.7 Å². The second kappa shape index (κ2) is 5.80. The lowest BCUT2D eigenvalue weighted by Crippen LogP contribution is -2.32. The highest BCUT2D eigenvalue weighted by molar-refractivity contribution is 5.07. The SMILES string of the molecule is CCOC(C)(CC)c1noc(C(C)(CC)CN)n1. The lowest BCUT2D eigenvalue weighted by atomic mass is 9.87. The Morgan fingerprint density at radius 1 is 1.22 bits per heavy atom. The Morgan fingerprint density at radius 3 is 2.33 bits per heavy atom. The molecule has 5 heteroatoms. The van der Waals surface area contributed by atoms with Crippen LogP contribution in [-0.4, -0.2) is 23.3 Å². The molecule has 1 rings (SSSR count). The number of rotatable bonds is 7. The van der Waals surface area contributed by atoms with Crippen molar-refractivity contribution in [1.82, 2.24) is 10.1 Å². The normalized spacial score (nSPS) is 18.3. The van der Waals surface area contributed by atoms with Gasteiger partial charge >= 0.3 is 0 Å². The first-order valence-corrected chi connectivity index (χ1v) is 6.64. The number of ether oxygens (including phenoxy) is 1. The highest BCUT2D eigenvalue weighted by Gasteiger charge is 2.35. The van der Waals surface area contributed by atoms with Gasteiger partial charge in [0.2, 0.25) is 11.7 Å². The Morgan fingerprint density at radius 2 is 1.89 bits per heavy atom. The zero-order valence-electron chi connectivity index (χ0n) is 12.1. The molecule has 0 spiro atoms. The van der Waals surface area contributed by atoms with E-state index in [2.05, 4.69) is 17.1 Å². The molecule has 0 aliphatic carbocycles. The molecule has 0 fully saturated rings. The molecule has 0 radical (unpaired) electrons. The molecule has 1 aromatic rings. The summed E-state index contributed by atoms with van der Waals surface area (Å²) in [6.07, 6.45) is 1.66. The summed E-state index contributed by atoms with van der Waals surface area (Å²) in [5.41, 5.74) is 5.06. The van der Waals surface area contributed by atoms with Crippen molar-refractivity contribution in [2.24, 2.45) is 5.73 Å². The van der Waals surface area contributed by atoms with Crippen LogP contribution >= 0.6 is 0 Å². The van der Waals surface area contributed by atoms with Gasteiger partial charge in [-0.2, -0.15) is 4.98 Å². The Kier molecular flexibility index (Phi) is 4.87. The van der Waals surface area contributed by atoms with Gasteiger partial charge in [-0.3, -0.25) is 0 Å². The first-order chi connectivity index (χ1) is 8.45. The molecule has 0 bridgehead atoms. The Labute approximate surface area is 109 Å². The third kappa shape index (κ3) is 2.72. The maximum Gasteiger partial charge on any atom is 0.233 e. The summed E-state index contributed by atoms with van der Waals surface area (Å²) in [6, 6.07) is 0. The smallest absolute Gasteiger partial charge is 0.233 e. The molecule has 0 aromatic carbocycles. The molecule has 2 atom stereocenters. The minimum atomic E-state index is -0.486. The van der Waals surface area contributed by atoms with E-state index >= 15 is 0 Å². The lowest BCUT2D eigenvalue weighted by molar-refractivity contribution is -0.0403. The van der Waals surface area contributed by atoms with Crippen molar-refractivity contribution in [2.75, 3.05) is 13.2 Å². The van der Waals surface area contributed by atoms with Crippen LogP contribution in [0.1, 0.15) is 59.2 Å². The Balaban J connectivity index is 3.05. The zero-order valence-corrected chi connectivity index (χ0v) is 12.1. The summed E-state index contributed by atoms with van der Waals surface area (Å²) in [4.78, 5) is 4.50. The summed E-state index contributed by atoms with van der Waals surface area (Å²) < 4.78 is 11.1. The predicted octanol–water partition coefficient (Wildman–Crippen LogP) is 2.36. The third-order valence-corrected chi connectivity index (χ3v) is 3.78. The van der Waals surface area contributed by atoms with Gasteiger partial charge in [-0.1, -0.05) is 19.0 Å². The van der Waals surface area contributed by atoms with Crippen LogP contribution in [0.3, 0.4) is 0 Å². The molecule has 0 amide bonds. The fraction of sp³-hybridized carbons (Fsp3) is 0.846.